The Bertz CT molecular complexity index is 720. The molecule has 0 atom stereocenters. The van der Waals surface area contributed by atoms with E-state index in [-0.39, 0.29) is 11.8 Å². The van der Waals surface area contributed by atoms with Crippen molar-refractivity contribution in [3.8, 4) is 0 Å². The first-order valence-corrected chi connectivity index (χ1v) is 9.53. The summed E-state index contributed by atoms with van der Waals surface area (Å²) in [7, 11) is 0. The first-order valence-electron chi connectivity index (χ1n) is 9.15. The molecule has 5 nitrogen and oxygen atoms in total. The molecule has 2 amide bonds. The van der Waals surface area contributed by atoms with Gasteiger partial charge in [-0.1, -0.05) is 41.9 Å². The summed E-state index contributed by atoms with van der Waals surface area (Å²) in [5.41, 5.74) is 7.25. The zero-order chi connectivity index (χ0) is 19.5. The molecule has 0 heterocycles. The van der Waals surface area contributed by atoms with Crippen LogP contribution >= 0.6 is 11.6 Å². The average Bonchev–Trinajstić information content (AvgIpc) is 2.69. The number of benzene rings is 2. The molecule has 27 heavy (non-hydrogen) atoms. The van der Waals surface area contributed by atoms with E-state index in [9.17, 15) is 9.59 Å². The maximum atomic E-state index is 12.6. The van der Waals surface area contributed by atoms with Crippen molar-refractivity contribution in [2.45, 2.75) is 25.8 Å². The highest BCUT2D eigenvalue weighted by atomic mass is 35.5. The van der Waals surface area contributed by atoms with E-state index in [1.54, 1.807) is 24.3 Å². The molecule has 0 unspecified atom stereocenters. The first kappa shape index (κ1) is 20.9. The van der Waals surface area contributed by atoms with Crippen molar-refractivity contribution in [3.05, 3.63) is 70.7 Å². The van der Waals surface area contributed by atoms with E-state index >= 15 is 0 Å². The Kier molecular flexibility index (Phi) is 8.81. The second-order valence-electron chi connectivity index (χ2n) is 6.31. The molecule has 0 aliphatic heterocycles. The molecule has 2 aromatic carbocycles. The molecule has 0 aliphatic carbocycles. The Labute approximate surface area is 165 Å². The van der Waals surface area contributed by atoms with Crippen LogP contribution in [-0.4, -0.2) is 36.3 Å². The summed E-state index contributed by atoms with van der Waals surface area (Å²) in [6.07, 6.45) is 1.75. The Hall–Kier alpha value is -2.37. The number of nitrogens with two attached hydrogens (primary N) is 1. The number of hydrogen-bond acceptors (Lipinski definition) is 3. The lowest BCUT2D eigenvalue weighted by molar-refractivity contribution is -0.132. The predicted octanol–water partition coefficient (Wildman–Crippen LogP) is 3.23. The SMILES string of the molecule is NCCCN(Cc1ccccc1)C(=O)CCCNC(=O)c1ccc(Cl)cc1. The van der Waals surface area contributed by atoms with Gasteiger partial charge in [0.15, 0.2) is 0 Å². The molecule has 0 saturated carbocycles. The third kappa shape index (κ3) is 7.41. The molecular weight excluding hydrogens is 362 g/mol. The van der Waals surface area contributed by atoms with Gasteiger partial charge in [0, 0.05) is 36.6 Å². The van der Waals surface area contributed by atoms with Gasteiger partial charge in [-0.3, -0.25) is 9.59 Å². The zero-order valence-electron chi connectivity index (χ0n) is 15.4. The second kappa shape index (κ2) is 11.4. The Morgan fingerprint density at radius 1 is 1.00 bits per heavy atom. The minimum absolute atomic E-state index is 0.0769. The lowest BCUT2D eigenvalue weighted by Crippen LogP contribution is -2.33. The maximum Gasteiger partial charge on any atom is 0.251 e. The highest BCUT2D eigenvalue weighted by Gasteiger charge is 2.13. The number of nitrogens with one attached hydrogen (secondary N) is 1. The van der Waals surface area contributed by atoms with Gasteiger partial charge >= 0.3 is 0 Å². The van der Waals surface area contributed by atoms with Crippen molar-refractivity contribution < 1.29 is 9.59 Å². The summed E-state index contributed by atoms with van der Waals surface area (Å²) in [5, 5.41) is 3.42. The van der Waals surface area contributed by atoms with Crippen molar-refractivity contribution in [2.75, 3.05) is 19.6 Å². The number of carbonyl (C=O) groups is 2. The van der Waals surface area contributed by atoms with E-state index in [1.807, 2.05) is 35.2 Å². The van der Waals surface area contributed by atoms with Gasteiger partial charge in [0.2, 0.25) is 5.91 Å². The van der Waals surface area contributed by atoms with Crippen LogP contribution in [0.5, 0.6) is 0 Å². The van der Waals surface area contributed by atoms with Gasteiger partial charge in [0.05, 0.1) is 0 Å². The lowest BCUT2D eigenvalue weighted by atomic mass is 10.2. The van der Waals surface area contributed by atoms with E-state index < -0.39 is 0 Å². The van der Waals surface area contributed by atoms with Crippen molar-refractivity contribution in [2.24, 2.45) is 5.73 Å². The fourth-order valence-electron chi connectivity index (χ4n) is 2.68. The van der Waals surface area contributed by atoms with Gasteiger partial charge in [-0.25, -0.2) is 0 Å². The Morgan fingerprint density at radius 2 is 1.70 bits per heavy atom. The van der Waals surface area contributed by atoms with Crippen LogP contribution in [0.4, 0.5) is 0 Å². The van der Waals surface area contributed by atoms with Crippen molar-refractivity contribution >= 4 is 23.4 Å². The summed E-state index contributed by atoms with van der Waals surface area (Å²) >= 11 is 5.82. The van der Waals surface area contributed by atoms with Gasteiger partial charge in [-0.15, -0.1) is 0 Å². The number of carbonyl (C=O) groups excluding carboxylic acids is 2. The zero-order valence-corrected chi connectivity index (χ0v) is 16.1. The number of amides is 2. The van der Waals surface area contributed by atoms with Crippen LogP contribution in [0.1, 0.15) is 35.2 Å². The van der Waals surface area contributed by atoms with Crippen LogP contribution in [0.15, 0.2) is 54.6 Å². The quantitative estimate of drug-likeness (QED) is 0.614. The lowest BCUT2D eigenvalue weighted by Gasteiger charge is -2.23. The minimum Gasteiger partial charge on any atom is -0.352 e. The summed E-state index contributed by atoms with van der Waals surface area (Å²) in [6.45, 7) is 2.22. The molecule has 2 aromatic rings. The van der Waals surface area contributed by atoms with Crippen molar-refractivity contribution in [1.82, 2.24) is 10.2 Å². The minimum atomic E-state index is -0.164. The van der Waals surface area contributed by atoms with E-state index in [2.05, 4.69) is 5.32 Å². The van der Waals surface area contributed by atoms with Gasteiger partial charge < -0.3 is 16.0 Å². The van der Waals surface area contributed by atoms with Crippen LogP contribution in [0.2, 0.25) is 5.02 Å². The van der Waals surface area contributed by atoms with Crippen molar-refractivity contribution in [1.29, 1.82) is 0 Å². The van der Waals surface area contributed by atoms with E-state index in [4.69, 9.17) is 17.3 Å². The molecule has 0 aliphatic rings. The van der Waals surface area contributed by atoms with Crippen LogP contribution in [0.25, 0.3) is 0 Å². The third-order valence-electron chi connectivity index (χ3n) is 4.16. The molecule has 3 N–H and O–H groups in total. The topological polar surface area (TPSA) is 75.4 Å². The molecule has 144 valence electrons. The molecule has 0 radical (unpaired) electrons. The molecule has 0 spiro atoms. The second-order valence-corrected chi connectivity index (χ2v) is 6.75. The number of halogens is 1. The molecular formula is C21H26ClN3O2. The van der Waals surface area contributed by atoms with Gasteiger partial charge in [0.1, 0.15) is 0 Å². The van der Waals surface area contributed by atoms with E-state index in [1.165, 1.54) is 0 Å². The van der Waals surface area contributed by atoms with Crippen molar-refractivity contribution in [3.63, 3.8) is 0 Å². The monoisotopic (exact) mass is 387 g/mol. The van der Waals surface area contributed by atoms with Crippen LogP contribution < -0.4 is 11.1 Å². The predicted molar refractivity (Wildman–Crippen MR) is 109 cm³/mol. The normalized spacial score (nSPS) is 10.4. The summed E-state index contributed by atoms with van der Waals surface area (Å²) in [6, 6.07) is 16.6. The molecule has 2 rings (SSSR count). The summed E-state index contributed by atoms with van der Waals surface area (Å²) in [5.74, 6) is -0.0866. The van der Waals surface area contributed by atoms with Gasteiger partial charge in [-0.2, -0.15) is 0 Å². The third-order valence-corrected chi connectivity index (χ3v) is 4.41. The summed E-state index contributed by atoms with van der Waals surface area (Å²) in [4.78, 5) is 26.5. The fraction of sp³-hybridized carbons (Fsp3) is 0.333. The number of nitrogens with zero attached hydrogens (tertiary/aromatic N) is 1. The first-order chi connectivity index (χ1) is 13.1. The van der Waals surface area contributed by atoms with E-state index in [0.29, 0.717) is 49.6 Å². The van der Waals surface area contributed by atoms with Crippen LogP contribution in [0.3, 0.4) is 0 Å². The molecule has 0 saturated heterocycles. The molecule has 0 bridgehead atoms. The molecule has 0 aromatic heterocycles. The van der Waals surface area contributed by atoms with E-state index in [0.717, 1.165) is 12.0 Å². The number of hydrogen-bond donors (Lipinski definition) is 2. The Balaban J connectivity index is 1.78. The highest BCUT2D eigenvalue weighted by molar-refractivity contribution is 6.30. The van der Waals surface area contributed by atoms with Gasteiger partial charge in [-0.05, 0) is 49.2 Å². The van der Waals surface area contributed by atoms with Crippen LogP contribution in [-0.2, 0) is 11.3 Å². The highest BCUT2D eigenvalue weighted by Crippen LogP contribution is 2.10. The standard InChI is InChI=1S/C21H26ClN3O2/c22-19-11-9-18(10-12-19)21(27)24-14-4-8-20(26)25(15-5-13-23)16-17-6-2-1-3-7-17/h1-3,6-7,9-12H,4-5,8,13-16,23H2,(H,24,27). The smallest absolute Gasteiger partial charge is 0.251 e. The fourth-order valence-corrected chi connectivity index (χ4v) is 2.81. The average molecular weight is 388 g/mol. The maximum absolute atomic E-state index is 12.6. The molecule has 0 fully saturated rings. The molecule has 6 heteroatoms. The van der Waals surface area contributed by atoms with Crippen LogP contribution in [0, 0.1) is 0 Å². The number of rotatable bonds is 10. The Morgan fingerprint density at radius 3 is 2.37 bits per heavy atom. The largest absolute Gasteiger partial charge is 0.352 e. The summed E-state index contributed by atoms with van der Waals surface area (Å²) < 4.78 is 0. The van der Waals surface area contributed by atoms with Gasteiger partial charge in [0.25, 0.3) is 5.91 Å².